The van der Waals surface area contributed by atoms with Crippen LogP contribution in [0, 0.1) is 5.82 Å². The summed E-state index contributed by atoms with van der Waals surface area (Å²) in [6.45, 7) is 0. The molecule has 0 amide bonds. The topological polar surface area (TPSA) is 60.7 Å². The fourth-order valence-corrected chi connectivity index (χ4v) is 2.21. The van der Waals surface area contributed by atoms with E-state index in [0.29, 0.717) is 5.13 Å². The van der Waals surface area contributed by atoms with Crippen LogP contribution in [0.15, 0.2) is 29.5 Å². The van der Waals surface area contributed by atoms with Crippen molar-refractivity contribution in [3.8, 4) is 5.13 Å². The molecule has 0 aliphatic heterocycles. The molecule has 3 aromatic heterocycles. The molecule has 0 fully saturated rings. The second-order valence-corrected chi connectivity index (χ2v) is 4.52. The Morgan fingerprint density at radius 2 is 2.28 bits per heavy atom. The minimum absolute atomic E-state index is 0.148. The van der Waals surface area contributed by atoms with Gasteiger partial charge in [0.25, 0.3) is 0 Å². The highest BCUT2D eigenvalue weighted by atomic mass is 35.5. The largest absolute Gasteiger partial charge is 0.289 e. The molecule has 0 saturated heterocycles. The molecule has 5 nitrogen and oxygen atoms in total. The van der Waals surface area contributed by atoms with Crippen molar-refractivity contribution < 1.29 is 4.39 Å². The number of rotatable bonds is 1. The van der Waals surface area contributed by atoms with Crippen molar-refractivity contribution in [1.29, 1.82) is 0 Å². The van der Waals surface area contributed by atoms with Crippen LogP contribution in [0.25, 0.3) is 16.2 Å². The van der Waals surface area contributed by atoms with E-state index in [0.717, 1.165) is 17.6 Å². The first-order valence-electron chi connectivity index (χ1n) is 4.81. The van der Waals surface area contributed by atoms with Crippen molar-refractivity contribution in [2.24, 2.45) is 0 Å². The van der Waals surface area contributed by atoms with Crippen LogP contribution in [0.2, 0.25) is 5.15 Å². The average molecular weight is 283 g/mol. The normalized spacial score (nSPS) is 11.0. The van der Waals surface area contributed by atoms with E-state index in [9.17, 15) is 9.18 Å². The third-order valence-electron chi connectivity index (χ3n) is 2.34. The van der Waals surface area contributed by atoms with Gasteiger partial charge in [-0.3, -0.25) is 9.36 Å². The van der Waals surface area contributed by atoms with Crippen molar-refractivity contribution in [2.45, 2.75) is 0 Å². The molecular formula is C10H4ClFN4OS. The van der Waals surface area contributed by atoms with Gasteiger partial charge in [-0.1, -0.05) is 11.6 Å². The molecule has 0 aromatic carbocycles. The van der Waals surface area contributed by atoms with Crippen LogP contribution in [0.4, 0.5) is 4.39 Å². The molecule has 0 saturated carbocycles. The maximum Gasteiger partial charge on any atom is 0.214 e. The number of halogens is 2. The van der Waals surface area contributed by atoms with Gasteiger partial charge in [0.2, 0.25) is 5.13 Å². The summed E-state index contributed by atoms with van der Waals surface area (Å²) in [5.41, 5.74) is -0.0699. The molecule has 18 heavy (non-hydrogen) atoms. The number of fused-ring (bicyclic) bond motifs is 1. The number of aromatic nitrogens is 4. The SMILES string of the molecule is O=c1ccn(-c2ncns2)c2nc(Cl)c(F)cc12. The molecule has 3 heterocycles. The van der Waals surface area contributed by atoms with Gasteiger partial charge in [0.15, 0.2) is 22.0 Å². The minimum atomic E-state index is -0.726. The summed E-state index contributed by atoms with van der Waals surface area (Å²) >= 11 is 6.77. The van der Waals surface area contributed by atoms with Crippen LogP contribution in [0.5, 0.6) is 0 Å². The molecule has 0 aliphatic rings. The lowest BCUT2D eigenvalue weighted by Gasteiger charge is -2.06. The minimum Gasteiger partial charge on any atom is -0.289 e. The van der Waals surface area contributed by atoms with E-state index in [-0.39, 0.29) is 21.6 Å². The summed E-state index contributed by atoms with van der Waals surface area (Å²) in [5.74, 6) is -0.726. The third kappa shape index (κ3) is 1.68. The van der Waals surface area contributed by atoms with Gasteiger partial charge in [0.05, 0.1) is 5.39 Å². The molecular weight excluding hydrogens is 279 g/mol. The molecule has 0 radical (unpaired) electrons. The van der Waals surface area contributed by atoms with E-state index in [1.165, 1.54) is 18.6 Å². The molecule has 0 bridgehead atoms. The molecule has 8 heteroatoms. The van der Waals surface area contributed by atoms with E-state index < -0.39 is 5.82 Å². The summed E-state index contributed by atoms with van der Waals surface area (Å²) < 4.78 is 18.7. The average Bonchev–Trinajstić information content (AvgIpc) is 2.86. The van der Waals surface area contributed by atoms with Gasteiger partial charge in [-0.2, -0.15) is 4.37 Å². The van der Waals surface area contributed by atoms with Gasteiger partial charge in [0.1, 0.15) is 6.33 Å². The van der Waals surface area contributed by atoms with E-state index in [1.807, 2.05) is 0 Å². The molecule has 3 rings (SSSR count). The molecule has 0 atom stereocenters. The van der Waals surface area contributed by atoms with Crippen LogP contribution < -0.4 is 5.43 Å². The maximum atomic E-state index is 13.3. The van der Waals surface area contributed by atoms with Gasteiger partial charge in [-0.25, -0.2) is 14.4 Å². The summed E-state index contributed by atoms with van der Waals surface area (Å²) in [6.07, 6.45) is 2.89. The van der Waals surface area contributed by atoms with Gasteiger partial charge in [0, 0.05) is 23.8 Å². The number of hydrogen-bond donors (Lipinski definition) is 0. The van der Waals surface area contributed by atoms with Crippen molar-refractivity contribution in [2.75, 3.05) is 0 Å². The van der Waals surface area contributed by atoms with Crippen molar-refractivity contribution in [1.82, 2.24) is 18.9 Å². The predicted molar refractivity (Wildman–Crippen MR) is 65.8 cm³/mol. The van der Waals surface area contributed by atoms with Gasteiger partial charge < -0.3 is 0 Å². The fraction of sp³-hybridized carbons (Fsp3) is 0. The first kappa shape index (κ1) is 11.2. The first-order chi connectivity index (χ1) is 8.66. The van der Waals surface area contributed by atoms with E-state index >= 15 is 0 Å². The van der Waals surface area contributed by atoms with Crippen molar-refractivity contribution in [3.63, 3.8) is 0 Å². The van der Waals surface area contributed by atoms with Crippen LogP contribution in [0.1, 0.15) is 0 Å². The first-order valence-corrected chi connectivity index (χ1v) is 5.96. The zero-order chi connectivity index (χ0) is 12.7. The second kappa shape index (κ2) is 4.11. The molecule has 0 unspecified atom stereocenters. The second-order valence-electron chi connectivity index (χ2n) is 3.41. The lowest BCUT2D eigenvalue weighted by atomic mass is 10.3. The Kier molecular flexibility index (Phi) is 2.57. The van der Waals surface area contributed by atoms with Gasteiger partial charge in [-0.05, 0) is 6.07 Å². The highest BCUT2D eigenvalue weighted by Gasteiger charge is 2.12. The number of nitrogens with zero attached hydrogens (tertiary/aromatic N) is 4. The summed E-state index contributed by atoms with van der Waals surface area (Å²) in [4.78, 5) is 19.6. The monoisotopic (exact) mass is 282 g/mol. The summed E-state index contributed by atoms with van der Waals surface area (Å²) in [5, 5.41) is 0.385. The van der Waals surface area contributed by atoms with Crippen molar-refractivity contribution in [3.05, 3.63) is 45.9 Å². The summed E-state index contributed by atoms with van der Waals surface area (Å²) in [7, 11) is 0. The Bertz CT molecular complexity index is 786. The Balaban J connectivity index is 2.45. The van der Waals surface area contributed by atoms with Gasteiger partial charge >= 0.3 is 0 Å². The molecule has 3 aromatic rings. The molecule has 0 spiro atoms. The Labute approximate surface area is 109 Å². The Hall–Kier alpha value is -1.86. The van der Waals surface area contributed by atoms with Crippen LogP contribution >= 0.6 is 23.1 Å². The van der Waals surface area contributed by atoms with Gasteiger partial charge in [-0.15, -0.1) is 0 Å². The lowest BCUT2D eigenvalue weighted by molar-refractivity contribution is 0.624. The van der Waals surface area contributed by atoms with E-state index in [4.69, 9.17) is 11.6 Å². The number of pyridine rings is 2. The quantitative estimate of drug-likeness (QED) is 0.641. The molecule has 0 N–H and O–H groups in total. The van der Waals surface area contributed by atoms with Crippen molar-refractivity contribution >= 4 is 34.2 Å². The molecule has 90 valence electrons. The zero-order valence-electron chi connectivity index (χ0n) is 8.67. The smallest absolute Gasteiger partial charge is 0.214 e. The highest BCUT2D eigenvalue weighted by Crippen LogP contribution is 2.19. The van der Waals surface area contributed by atoms with E-state index in [1.54, 1.807) is 4.57 Å². The zero-order valence-corrected chi connectivity index (χ0v) is 10.2. The van der Waals surface area contributed by atoms with E-state index in [2.05, 4.69) is 14.3 Å². The lowest BCUT2D eigenvalue weighted by Crippen LogP contribution is -2.08. The number of hydrogen-bond acceptors (Lipinski definition) is 5. The van der Waals surface area contributed by atoms with Crippen LogP contribution in [-0.4, -0.2) is 18.9 Å². The standard InChI is InChI=1S/C10H4ClFN4OS/c11-8-6(12)3-5-7(17)1-2-16(9(5)15-8)10-13-4-14-18-10/h1-4H. The predicted octanol–water partition coefficient (Wildman–Crippen LogP) is 2.03. The third-order valence-corrected chi connectivity index (χ3v) is 3.27. The highest BCUT2D eigenvalue weighted by molar-refractivity contribution is 7.08. The van der Waals surface area contributed by atoms with Crippen LogP contribution in [-0.2, 0) is 0 Å². The Morgan fingerprint density at radius 1 is 1.44 bits per heavy atom. The maximum absolute atomic E-state index is 13.3. The van der Waals surface area contributed by atoms with Crippen LogP contribution in [0.3, 0.4) is 0 Å². The summed E-state index contributed by atoms with van der Waals surface area (Å²) in [6, 6.07) is 2.39. The Morgan fingerprint density at radius 3 is 3.00 bits per heavy atom. The fourth-order valence-electron chi connectivity index (χ4n) is 1.55. The molecule has 0 aliphatic carbocycles.